The molecule has 0 aliphatic carbocycles. The second-order valence-corrected chi connectivity index (χ2v) is 8.89. The van der Waals surface area contributed by atoms with Gasteiger partial charge in [-0.05, 0) is 63.0 Å². The summed E-state index contributed by atoms with van der Waals surface area (Å²) in [6, 6.07) is 8.19. The lowest BCUT2D eigenvalue weighted by Crippen LogP contribution is -2.45. The number of nitrogens with zero attached hydrogens (tertiary/aromatic N) is 5. The van der Waals surface area contributed by atoms with Crippen LogP contribution in [0.15, 0.2) is 28.8 Å². The highest BCUT2D eigenvalue weighted by atomic mass is 16.5. The Morgan fingerprint density at radius 2 is 1.81 bits per heavy atom. The molecule has 8 nitrogen and oxygen atoms in total. The van der Waals surface area contributed by atoms with Crippen LogP contribution in [0.4, 0.5) is 5.69 Å². The van der Waals surface area contributed by atoms with Crippen LogP contribution in [-0.4, -0.2) is 85.3 Å². The number of anilines is 1. The molecule has 1 N–H and O–H groups in total. The van der Waals surface area contributed by atoms with Crippen molar-refractivity contribution in [2.24, 2.45) is 5.92 Å². The Kier molecular flexibility index (Phi) is 7.19. The van der Waals surface area contributed by atoms with Gasteiger partial charge >= 0.3 is 11.8 Å². The van der Waals surface area contributed by atoms with Crippen LogP contribution in [0, 0.1) is 5.92 Å². The zero-order valence-corrected chi connectivity index (χ0v) is 18.7. The van der Waals surface area contributed by atoms with E-state index in [9.17, 15) is 4.79 Å². The van der Waals surface area contributed by atoms with Crippen LogP contribution in [0.2, 0.25) is 0 Å². The van der Waals surface area contributed by atoms with E-state index in [0.717, 1.165) is 63.7 Å². The van der Waals surface area contributed by atoms with Crippen molar-refractivity contribution < 1.29 is 9.32 Å². The van der Waals surface area contributed by atoms with Gasteiger partial charge < -0.3 is 24.5 Å². The molecule has 0 bridgehead atoms. The summed E-state index contributed by atoms with van der Waals surface area (Å²) < 4.78 is 5.20. The van der Waals surface area contributed by atoms with E-state index in [2.05, 4.69) is 56.3 Å². The molecule has 0 spiro atoms. The van der Waals surface area contributed by atoms with E-state index in [1.165, 1.54) is 18.5 Å². The quantitative estimate of drug-likeness (QED) is 0.681. The Morgan fingerprint density at radius 3 is 2.52 bits per heavy atom. The van der Waals surface area contributed by atoms with E-state index in [1.54, 1.807) is 0 Å². The Bertz CT molecular complexity index is 836. The standard InChI is InChI=1S/C23H34N6O2/c1-18-8-12-29(13-9-18)20-6-4-19(5-7-20)21-25-23(31-26-21)22(30)24-10-3-11-28-16-14-27(2)15-17-28/h4-7,18H,3,8-17H2,1-2H3,(H,24,30). The van der Waals surface area contributed by atoms with Crippen molar-refractivity contribution in [3.63, 3.8) is 0 Å². The largest absolute Gasteiger partial charge is 0.372 e. The van der Waals surface area contributed by atoms with Crippen LogP contribution in [0.25, 0.3) is 11.4 Å². The Labute approximate surface area is 184 Å². The summed E-state index contributed by atoms with van der Waals surface area (Å²) in [5.41, 5.74) is 2.07. The first-order chi connectivity index (χ1) is 15.1. The molecule has 1 amide bonds. The SMILES string of the molecule is CC1CCN(c2ccc(-c3noc(C(=O)NCCCN4CCN(C)CC4)n3)cc2)CC1. The zero-order valence-electron chi connectivity index (χ0n) is 18.7. The zero-order chi connectivity index (χ0) is 21.6. The summed E-state index contributed by atoms with van der Waals surface area (Å²) in [6.45, 7) is 10.5. The van der Waals surface area contributed by atoms with Crippen molar-refractivity contribution in [3.05, 3.63) is 30.2 Å². The summed E-state index contributed by atoms with van der Waals surface area (Å²) in [4.78, 5) is 23.8. The van der Waals surface area contributed by atoms with E-state index in [-0.39, 0.29) is 11.8 Å². The van der Waals surface area contributed by atoms with Crippen molar-refractivity contribution in [1.29, 1.82) is 0 Å². The summed E-state index contributed by atoms with van der Waals surface area (Å²) in [5.74, 6) is 0.965. The highest BCUT2D eigenvalue weighted by Crippen LogP contribution is 2.25. The number of likely N-dealkylation sites (N-methyl/N-ethyl adjacent to an activating group) is 1. The predicted octanol–water partition coefficient (Wildman–Crippen LogP) is 2.34. The van der Waals surface area contributed by atoms with Gasteiger partial charge in [0, 0.05) is 57.1 Å². The maximum absolute atomic E-state index is 12.3. The predicted molar refractivity (Wildman–Crippen MR) is 121 cm³/mol. The third kappa shape index (κ3) is 5.83. The van der Waals surface area contributed by atoms with E-state index >= 15 is 0 Å². The van der Waals surface area contributed by atoms with Gasteiger partial charge in [-0.3, -0.25) is 4.79 Å². The molecule has 3 heterocycles. The van der Waals surface area contributed by atoms with Gasteiger partial charge in [-0.15, -0.1) is 0 Å². The first kappa shape index (κ1) is 21.8. The van der Waals surface area contributed by atoms with Crippen LogP contribution in [0.1, 0.15) is 36.9 Å². The number of nitrogens with one attached hydrogen (secondary N) is 1. The molecule has 0 radical (unpaired) electrons. The fourth-order valence-corrected chi connectivity index (χ4v) is 4.17. The normalized spacial score (nSPS) is 19.0. The van der Waals surface area contributed by atoms with Gasteiger partial charge in [0.2, 0.25) is 5.82 Å². The van der Waals surface area contributed by atoms with Gasteiger partial charge in [0.1, 0.15) is 0 Å². The van der Waals surface area contributed by atoms with Crippen molar-refractivity contribution in [2.75, 3.05) is 64.3 Å². The third-order valence-corrected chi connectivity index (χ3v) is 6.43. The van der Waals surface area contributed by atoms with Crippen LogP contribution in [-0.2, 0) is 0 Å². The molecule has 1 aromatic heterocycles. The molecule has 2 aliphatic rings. The van der Waals surface area contributed by atoms with Crippen LogP contribution in [0.5, 0.6) is 0 Å². The van der Waals surface area contributed by atoms with E-state index in [1.807, 2.05) is 12.1 Å². The van der Waals surface area contributed by atoms with Crippen LogP contribution >= 0.6 is 0 Å². The first-order valence-corrected chi connectivity index (χ1v) is 11.5. The molecule has 2 fully saturated rings. The molecular formula is C23H34N6O2. The number of hydrogen-bond acceptors (Lipinski definition) is 7. The maximum atomic E-state index is 12.3. The van der Waals surface area contributed by atoms with Gasteiger partial charge in [0.25, 0.3) is 0 Å². The van der Waals surface area contributed by atoms with E-state index in [0.29, 0.717) is 12.4 Å². The Morgan fingerprint density at radius 1 is 1.10 bits per heavy atom. The number of benzene rings is 1. The molecule has 31 heavy (non-hydrogen) atoms. The van der Waals surface area contributed by atoms with Crippen molar-refractivity contribution in [3.8, 4) is 11.4 Å². The van der Waals surface area contributed by atoms with Crippen LogP contribution < -0.4 is 10.2 Å². The molecule has 4 rings (SSSR count). The minimum absolute atomic E-state index is 0.0173. The average molecular weight is 427 g/mol. The maximum Gasteiger partial charge on any atom is 0.316 e. The topological polar surface area (TPSA) is 77.7 Å². The summed E-state index contributed by atoms with van der Waals surface area (Å²) >= 11 is 0. The van der Waals surface area contributed by atoms with Gasteiger partial charge in [0.15, 0.2) is 0 Å². The van der Waals surface area contributed by atoms with E-state index in [4.69, 9.17) is 4.52 Å². The molecule has 0 saturated carbocycles. The van der Waals surface area contributed by atoms with Gasteiger partial charge in [-0.25, -0.2) is 0 Å². The average Bonchev–Trinajstić information content (AvgIpc) is 3.29. The number of hydrogen-bond donors (Lipinski definition) is 1. The van der Waals surface area contributed by atoms with Crippen molar-refractivity contribution >= 4 is 11.6 Å². The highest BCUT2D eigenvalue weighted by Gasteiger charge is 2.18. The smallest absolute Gasteiger partial charge is 0.316 e. The number of amides is 1. The fourth-order valence-electron chi connectivity index (χ4n) is 4.17. The Balaban J connectivity index is 1.24. The third-order valence-electron chi connectivity index (χ3n) is 6.43. The number of aromatic nitrogens is 2. The lowest BCUT2D eigenvalue weighted by molar-refractivity contribution is 0.0906. The first-order valence-electron chi connectivity index (χ1n) is 11.5. The summed E-state index contributed by atoms with van der Waals surface area (Å²) in [6.07, 6.45) is 3.38. The number of carbonyl (C=O) groups is 1. The second-order valence-electron chi connectivity index (χ2n) is 8.89. The number of rotatable bonds is 7. The monoisotopic (exact) mass is 426 g/mol. The number of piperazine rings is 1. The number of piperidine rings is 1. The lowest BCUT2D eigenvalue weighted by atomic mass is 9.98. The molecule has 2 saturated heterocycles. The second kappa shape index (κ2) is 10.2. The molecular weight excluding hydrogens is 392 g/mol. The van der Waals surface area contributed by atoms with Gasteiger partial charge in [-0.2, -0.15) is 4.98 Å². The molecule has 0 atom stereocenters. The van der Waals surface area contributed by atoms with Crippen molar-refractivity contribution in [1.82, 2.24) is 25.3 Å². The fraction of sp³-hybridized carbons (Fsp3) is 0.609. The van der Waals surface area contributed by atoms with Crippen molar-refractivity contribution in [2.45, 2.75) is 26.2 Å². The summed E-state index contributed by atoms with van der Waals surface area (Å²) in [5, 5.41) is 6.88. The lowest BCUT2D eigenvalue weighted by Gasteiger charge is -2.32. The van der Waals surface area contributed by atoms with E-state index < -0.39 is 0 Å². The molecule has 168 valence electrons. The number of carbonyl (C=O) groups excluding carboxylic acids is 1. The molecule has 2 aromatic rings. The van der Waals surface area contributed by atoms with Gasteiger partial charge in [0.05, 0.1) is 0 Å². The summed E-state index contributed by atoms with van der Waals surface area (Å²) in [7, 11) is 2.15. The Hall–Kier alpha value is -2.45. The molecule has 1 aromatic carbocycles. The minimum atomic E-state index is -0.309. The molecule has 2 aliphatic heterocycles. The molecule has 8 heteroatoms. The van der Waals surface area contributed by atoms with Gasteiger partial charge in [-0.1, -0.05) is 12.1 Å². The minimum Gasteiger partial charge on any atom is -0.372 e. The highest BCUT2D eigenvalue weighted by molar-refractivity contribution is 5.89. The van der Waals surface area contributed by atoms with Crippen LogP contribution in [0.3, 0.4) is 0 Å². The molecule has 0 unspecified atom stereocenters.